The van der Waals surface area contributed by atoms with Gasteiger partial charge in [0, 0.05) is 38.0 Å². The average molecular weight is 475 g/mol. The van der Waals surface area contributed by atoms with Crippen molar-refractivity contribution in [2.45, 2.75) is 18.0 Å². The maximum Gasteiger partial charge on any atom is 0.264 e. The Balaban J connectivity index is 1.47. The number of aromatic nitrogens is 2. The smallest absolute Gasteiger partial charge is 0.264 e. The first-order valence-electron chi connectivity index (χ1n) is 10.8. The van der Waals surface area contributed by atoms with Crippen LogP contribution in [0, 0.1) is 0 Å². The second-order valence-electron chi connectivity index (χ2n) is 8.03. The average Bonchev–Trinajstić information content (AvgIpc) is 3.30. The van der Waals surface area contributed by atoms with E-state index in [0.717, 1.165) is 11.1 Å². The fourth-order valence-electron chi connectivity index (χ4n) is 3.64. The van der Waals surface area contributed by atoms with Crippen LogP contribution in [-0.2, 0) is 23.1 Å². The lowest BCUT2D eigenvalue weighted by Crippen LogP contribution is -2.28. The number of hydrogen-bond donors (Lipinski definition) is 0. The molecule has 4 rings (SSSR count). The van der Waals surface area contributed by atoms with Crippen LogP contribution >= 0.6 is 0 Å². The molecule has 0 unspecified atom stereocenters. The van der Waals surface area contributed by atoms with Crippen LogP contribution in [0.3, 0.4) is 0 Å². The van der Waals surface area contributed by atoms with E-state index in [1.165, 1.54) is 23.5 Å². The zero-order valence-corrected chi connectivity index (χ0v) is 19.9. The second kappa shape index (κ2) is 9.93. The Labute approximate surface area is 199 Å². The molecule has 4 aromatic rings. The van der Waals surface area contributed by atoms with E-state index in [1.54, 1.807) is 54.5 Å². The lowest BCUT2D eigenvalue weighted by molar-refractivity contribution is 0.0785. The first kappa shape index (κ1) is 23.3. The minimum absolute atomic E-state index is 0.0637. The Morgan fingerprint density at radius 3 is 2.26 bits per heavy atom. The molecule has 0 radical (unpaired) electrons. The zero-order valence-electron chi connectivity index (χ0n) is 19.1. The molecule has 8 heteroatoms. The molecular formula is C26H26N4O3S. The van der Waals surface area contributed by atoms with Crippen LogP contribution in [0.5, 0.6) is 0 Å². The van der Waals surface area contributed by atoms with Gasteiger partial charge in [-0.1, -0.05) is 54.6 Å². The third-order valence-electron chi connectivity index (χ3n) is 5.50. The molecule has 1 aromatic heterocycles. The normalized spacial score (nSPS) is 11.2. The van der Waals surface area contributed by atoms with Gasteiger partial charge in [0.2, 0.25) is 0 Å². The van der Waals surface area contributed by atoms with Crippen molar-refractivity contribution in [1.82, 2.24) is 14.7 Å². The van der Waals surface area contributed by atoms with Gasteiger partial charge in [0.25, 0.3) is 15.9 Å². The summed E-state index contributed by atoms with van der Waals surface area (Å²) in [5.74, 6) is -0.268. The zero-order chi connectivity index (χ0) is 24.1. The number of amides is 1. The molecule has 0 spiro atoms. The Kier molecular flexibility index (Phi) is 6.79. The van der Waals surface area contributed by atoms with E-state index >= 15 is 0 Å². The summed E-state index contributed by atoms with van der Waals surface area (Å²) in [7, 11) is -0.623. The number of para-hydroxylation sites is 1. The van der Waals surface area contributed by atoms with Crippen molar-refractivity contribution in [2.24, 2.45) is 0 Å². The number of carbonyl (C=O) groups is 1. The SMILES string of the molecule is CN(Cc1cnn(Cc2ccccc2)c1)C(=O)c1cccc(S(=O)(=O)N(C)c2ccccc2)c1. The van der Waals surface area contributed by atoms with Crippen molar-refractivity contribution in [2.75, 3.05) is 18.4 Å². The second-order valence-corrected chi connectivity index (χ2v) is 10.00. The molecule has 0 saturated carbocycles. The van der Waals surface area contributed by atoms with E-state index in [4.69, 9.17) is 0 Å². The minimum atomic E-state index is -3.81. The van der Waals surface area contributed by atoms with Gasteiger partial charge in [0.15, 0.2) is 0 Å². The van der Waals surface area contributed by atoms with Crippen molar-refractivity contribution < 1.29 is 13.2 Å². The summed E-state index contributed by atoms with van der Waals surface area (Å²) in [6, 6.07) is 25.0. The van der Waals surface area contributed by atoms with Gasteiger partial charge in [0.05, 0.1) is 23.3 Å². The van der Waals surface area contributed by atoms with Gasteiger partial charge >= 0.3 is 0 Å². The molecule has 0 fully saturated rings. The first-order valence-corrected chi connectivity index (χ1v) is 12.2. The Morgan fingerprint density at radius 1 is 0.882 bits per heavy atom. The maximum atomic E-state index is 13.1. The van der Waals surface area contributed by atoms with E-state index in [0.29, 0.717) is 24.3 Å². The van der Waals surface area contributed by atoms with Gasteiger partial charge < -0.3 is 4.90 Å². The lowest BCUT2D eigenvalue weighted by atomic mass is 10.2. The van der Waals surface area contributed by atoms with Gasteiger partial charge in [-0.2, -0.15) is 5.10 Å². The Morgan fingerprint density at radius 2 is 1.56 bits per heavy atom. The minimum Gasteiger partial charge on any atom is -0.337 e. The van der Waals surface area contributed by atoms with Crippen molar-refractivity contribution >= 4 is 21.6 Å². The molecule has 0 aliphatic rings. The fourth-order valence-corrected chi connectivity index (χ4v) is 4.88. The van der Waals surface area contributed by atoms with Crippen LogP contribution in [0.2, 0.25) is 0 Å². The Hall–Kier alpha value is -3.91. The van der Waals surface area contributed by atoms with Crippen LogP contribution in [0.4, 0.5) is 5.69 Å². The summed E-state index contributed by atoms with van der Waals surface area (Å²) in [6.07, 6.45) is 3.65. The molecule has 0 aliphatic carbocycles. The van der Waals surface area contributed by atoms with E-state index in [9.17, 15) is 13.2 Å². The molecule has 3 aromatic carbocycles. The lowest BCUT2D eigenvalue weighted by Gasteiger charge is -2.20. The molecular weight excluding hydrogens is 448 g/mol. The van der Waals surface area contributed by atoms with E-state index in [1.807, 2.05) is 47.3 Å². The predicted molar refractivity (Wildman–Crippen MR) is 132 cm³/mol. The summed E-state index contributed by atoms with van der Waals surface area (Å²) < 4.78 is 29.3. The summed E-state index contributed by atoms with van der Waals surface area (Å²) in [5, 5.41) is 4.39. The first-order chi connectivity index (χ1) is 16.3. The number of anilines is 1. The van der Waals surface area contributed by atoms with Crippen LogP contribution in [0.15, 0.2) is 102 Å². The number of nitrogens with zero attached hydrogens (tertiary/aromatic N) is 4. The standard InChI is InChI=1S/C26H26N4O3S/c1-28(18-22-17-27-30(20-22)19-21-10-5-3-6-11-21)26(31)23-12-9-15-25(16-23)34(32,33)29(2)24-13-7-4-8-14-24/h3-17,20H,18-19H2,1-2H3. The monoisotopic (exact) mass is 474 g/mol. The highest BCUT2D eigenvalue weighted by molar-refractivity contribution is 7.92. The van der Waals surface area contributed by atoms with Crippen molar-refractivity contribution in [1.29, 1.82) is 0 Å². The van der Waals surface area contributed by atoms with Gasteiger partial charge in [0.1, 0.15) is 0 Å². The molecule has 1 amide bonds. The maximum absolute atomic E-state index is 13.1. The highest BCUT2D eigenvalue weighted by Crippen LogP contribution is 2.23. The largest absolute Gasteiger partial charge is 0.337 e. The summed E-state index contributed by atoms with van der Waals surface area (Å²) in [5.41, 5.74) is 2.88. The van der Waals surface area contributed by atoms with Crippen molar-refractivity contribution in [3.8, 4) is 0 Å². The van der Waals surface area contributed by atoms with Crippen LogP contribution in [0.1, 0.15) is 21.5 Å². The van der Waals surface area contributed by atoms with Crippen LogP contribution in [0.25, 0.3) is 0 Å². The summed E-state index contributed by atoms with van der Waals surface area (Å²) in [4.78, 5) is 14.7. The van der Waals surface area contributed by atoms with Gasteiger partial charge in [-0.15, -0.1) is 0 Å². The molecule has 0 saturated heterocycles. The summed E-state index contributed by atoms with van der Waals surface area (Å²) in [6.45, 7) is 1.00. The molecule has 0 bridgehead atoms. The topological polar surface area (TPSA) is 75.5 Å². The third kappa shape index (κ3) is 5.18. The highest BCUT2D eigenvalue weighted by atomic mass is 32.2. The number of benzene rings is 3. The van der Waals surface area contributed by atoms with Crippen LogP contribution < -0.4 is 4.31 Å². The van der Waals surface area contributed by atoms with Gasteiger partial charge in [-0.3, -0.25) is 13.8 Å². The molecule has 1 heterocycles. The van der Waals surface area contributed by atoms with Gasteiger partial charge in [-0.25, -0.2) is 8.42 Å². The summed E-state index contributed by atoms with van der Waals surface area (Å²) >= 11 is 0. The number of rotatable bonds is 8. The molecule has 174 valence electrons. The van der Waals surface area contributed by atoms with E-state index < -0.39 is 10.0 Å². The highest BCUT2D eigenvalue weighted by Gasteiger charge is 2.23. The van der Waals surface area contributed by atoms with Gasteiger partial charge in [-0.05, 0) is 35.9 Å². The fraction of sp³-hybridized carbons (Fsp3) is 0.154. The number of sulfonamides is 1. The number of carbonyl (C=O) groups excluding carboxylic acids is 1. The van der Waals surface area contributed by atoms with E-state index in [-0.39, 0.29) is 10.8 Å². The third-order valence-corrected chi connectivity index (χ3v) is 7.28. The quantitative estimate of drug-likeness (QED) is 0.386. The molecule has 0 N–H and O–H groups in total. The Bertz CT molecular complexity index is 1370. The van der Waals surface area contributed by atoms with Crippen molar-refractivity contribution in [3.63, 3.8) is 0 Å². The molecule has 0 atom stereocenters. The van der Waals surface area contributed by atoms with Crippen molar-refractivity contribution in [3.05, 3.63) is 114 Å². The molecule has 7 nitrogen and oxygen atoms in total. The molecule has 34 heavy (non-hydrogen) atoms. The number of hydrogen-bond acceptors (Lipinski definition) is 4. The predicted octanol–water partition coefficient (Wildman–Crippen LogP) is 4.03. The van der Waals surface area contributed by atoms with Crippen LogP contribution in [-0.4, -0.2) is 43.1 Å². The molecule has 0 aliphatic heterocycles. The van der Waals surface area contributed by atoms with E-state index in [2.05, 4.69) is 5.10 Å².